The van der Waals surface area contributed by atoms with Gasteiger partial charge in [-0.1, -0.05) is 6.92 Å². The van der Waals surface area contributed by atoms with Gasteiger partial charge in [0.05, 0.1) is 11.2 Å². The molecule has 13 heavy (non-hydrogen) atoms. The number of hydrogen-bond donors (Lipinski definition) is 0. The highest BCUT2D eigenvalue weighted by molar-refractivity contribution is 7.78. The van der Waals surface area contributed by atoms with Gasteiger partial charge in [-0.15, -0.1) is 0 Å². The van der Waals surface area contributed by atoms with E-state index in [0.29, 0.717) is 12.5 Å². The van der Waals surface area contributed by atoms with Crippen LogP contribution < -0.4 is 0 Å². The Labute approximate surface area is 83.8 Å². The number of likely N-dealkylation sites (tertiary alicyclic amines) is 1. The largest absolute Gasteiger partial charge is 0.343 e. The Kier molecular flexibility index (Phi) is 4.06. The standard InChI is InChI=1S/C9H14N2OS/c1-2-9(12)11-5-3-8(4-6-11)10-7-13/h8H,2-6H2,1H3. The lowest BCUT2D eigenvalue weighted by molar-refractivity contribution is -0.131. The fourth-order valence-corrected chi connectivity index (χ4v) is 1.69. The van der Waals surface area contributed by atoms with Crippen molar-refractivity contribution < 1.29 is 4.79 Å². The van der Waals surface area contributed by atoms with Gasteiger partial charge in [0.15, 0.2) is 0 Å². The second-order valence-electron chi connectivity index (χ2n) is 3.19. The first-order valence-electron chi connectivity index (χ1n) is 4.62. The van der Waals surface area contributed by atoms with Crippen molar-refractivity contribution in [3.05, 3.63) is 0 Å². The molecule has 4 heteroatoms. The smallest absolute Gasteiger partial charge is 0.222 e. The van der Waals surface area contributed by atoms with E-state index in [-0.39, 0.29) is 5.91 Å². The first-order valence-corrected chi connectivity index (χ1v) is 5.03. The van der Waals surface area contributed by atoms with Crippen molar-refractivity contribution in [1.29, 1.82) is 0 Å². The fraction of sp³-hybridized carbons (Fsp3) is 0.778. The first-order chi connectivity index (χ1) is 6.27. The van der Waals surface area contributed by atoms with Crippen LogP contribution in [0.4, 0.5) is 0 Å². The maximum atomic E-state index is 11.3. The normalized spacial score (nSPS) is 18.1. The Morgan fingerprint density at radius 1 is 1.62 bits per heavy atom. The third-order valence-electron chi connectivity index (χ3n) is 2.35. The van der Waals surface area contributed by atoms with Gasteiger partial charge in [-0.05, 0) is 25.1 Å². The summed E-state index contributed by atoms with van der Waals surface area (Å²) in [6.07, 6.45) is 2.45. The van der Waals surface area contributed by atoms with Crippen molar-refractivity contribution >= 4 is 23.3 Å². The third-order valence-corrected chi connectivity index (χ3v) is 2.46. The van der Waals surface area contributed by atoms with E-state index in [1.165, 1.54) is 0 Å². The zero-order chi connectivity index (χ0) is 9.68. The summed E-state index contributed by atoms with van der Waals surface area (Å²) >= 11 is 4.54. The van der Waals surface area contributed by atoms with Gasteiger partial charge < -0.3 is 4.90 Å². The molecule has 3 nitrogen and oxygen atoms in total. The van der Waals surface area contributed by atoms with E-state index in [1.54, 1.807) is 0 Å². The summed E-state index contributed by atoms with van der Waals surface area (Å²) < 4.78 is 0. The molecule has 0 aromatic carbocycles. The van der Waals surface area contributed by atoms with Gasteiger partial charge in [0.1, 0.15) is 0 Å². The Hall–Kier alpha value is -0.730. The van der Waals surface area contributed by atoms with Crippen LogP contribution in [0.25, 0.3) is 0 Å². The molecule has 1 fully saturated rings. The van der Waals surface area contributed by atoms with Gasteiger partial charge in [0.25, 0.3) is 0 Å². The Balaban J connectivity index is 2.38. The molecule has 0 aromatic rings. The van der Waals surface area contributed by atoms with Crippen LogP contribution in [0.15, 0.2) is 4.99 Å². The summed E-state index contributed by atoms with van der Waals surface area (Å²) in [5, 5.41) is 2.40. The fourth-order valence-electron chi connectivity index (χ4n) is 1.54. The van der Waals surface area contributed by atoms with Crippen molar-refractivity contribution in [3.8, 4) is 0 Å². The Morgan fingerprint density at radius 3 is 2.69 bits per heavy atom. The monoisotopic (exact) mass is 198 g/mol. The lowest BCUT2D eigenvalue weighted by Crippen LogP contribution is -2.39. The molecule has 0 unspecified atom stereocenters. The molecule has 0 atom stereocenters. The molecule has 0 aliphatic carbocycles. The van der Waals surface area contributed by atoms with Crippen molar-refractivity contribution in [2.24, 2.45) is 4.99 Å². The van der Waals surface area contributed by atoms with Gasteiger partial charge in [0.2, 0.25) is 5.91 Å². The molecule has 0 aromatic heterocycles. The second-order valence-corrected chi connectivity index (χ2v) is 3.37. The molecule has 1 saturated heterocycles. The number of carbonyl (C=O) groups is 1. The van der Waals surface area contributed by atoms with E-state index in [0.717, 1.165) is 25.9 Å². The van der Waals surface area contributed by atoms with Crippen LogP contribution in [-0.4, -0.2) is 35.1 Å². The third kappa shape index (κ3) is 2.90. The van der Waals surface area contributed by atoms with Gasteiger partial charge in [0, 0.05) is 19.5 Å². The molecule has 1 rings (SSSR count). The van der Waals surface area contributed by atoms with Crippen molar-refractivity contribution in [1.82, 2.24) is 4.90 Å². The molecular weight excluding hydrogens is 184 g/mol. The van der Waals surface area contributed by atoms with Crippen LogP contribution in [0, 0.1) is 0 Å². The summed E-state index contributed by atoms with van der Waals surface area (Å²) in [4.78, 5) is 17.2. The molecule has 1 heterocycles. The minimum Gasteiger partial charge on any atom is -0.343 e. The first kappa shape index (κ1) is 10.4. The summed E-state index contributed by atoms with van der Waals surface area (Å²) in [5.41, 5.74) is 0. The minimum atomic E-state index is 0.241. The highest BCUT2D eigenvalue weighted by Crippen LogP contribution is 2.13. The number of carbonyl (C=O) groups excluding carboxylic acids is 1. The molecule has 0 saturated carbocycles. The van der Waals surface area contributed by atoms with Crippen LogP contribution in [0.2, 0.25) is 0 Å². The quantitative estimate of drug-likeness (QED) is 0.497. The zero-order valence-electron chi connectivity index (χ0n) is 7.82. The van der Waals surface area contributed by atoms with E-state index in [1.807, 2.05) is 11.8 Å². The number of nitrogens with zero attached hydrogens (tertiary/aromatic N) is 2. The van der Waals surface area contributed by atoms with E-state index in [9.17, 15) is 4.79 Å². The van der Waals surface area contributed by atoms with Crippen molar-refractivity contribution in [2.75, 3.05) is 13.1 Å². The molecule has 0 radical (unpaired) electrons. The molecular formula is C9H14N2OS. The van der Waals surface area contributed by atoms with Crippen LogP contribution in [0.5, 0.6) is 0 Å². The highest BCUT2D eigenvalue weighted by Gasteiger charge is 2.20. The number of aliphatic imine (C=N–C) groups is 1. The van der Waals surface area contributed by atoms with E-state index in [4.69, 9.17) is 0 Å². The van der Waals surface area contributed by atoms with E-state index in [2.05, 4.69) is 22.4 Å². The highest BCUT2D eigenvalue weighted by atomic mass is 32.1. The average Bonchev–Trinajstić information content (AvgIpc) is 2.18. The van der Waals surface area contributed by atoms with Crippen molar-refractivity contribution in [3.63, 3.8) is 0 Å². The molecule has 1 aliphatic heterocycles. The van der Waals surface area contributed by atoms with Gasteiger partial charge in [-0.25, -0.2) is 4.99 Å². The summed E-state index contributed by atoms with van der Waals surface area (Å²) in [6, 6.07) is 0.290. The molecule has 0 bridgehead atoms. The van der Waals surface area contributed by atoms with E-state index < -0.39 is 0 Å². The lowest BCUT2D eigenvalue weighted by Gasteiger charge is -2.29. The van der Waals surface area contributed by atoms with Crippen molar-refractivity contribution in [2.45, 2.75) is 32.2 Å². The Morgan fingerprint density at radius 2 is 2.23 bits per heavy atom. The number of amides is 1. The van der Waals surface area contributed by atoms with Crippen LogP contribution in [0.1, 0.15) is 26.2 Å². The summed E-state index contributed by atoms with van der Waals surface area (Å²) in [6.45, 7) is 3.53. The van der Waals surface area contributed by atoms with Gasteiger partial charge in [-0.3, -0.25) is 4.79 Å². The van der Waals surface area contributed by atoms with Crippen LogP contribution in [0.3, 0.4) is 0 Å². The zero-order valence-corrected chi connectivity index (χ0v) is 8.64. The summed E-state index contributed by atoms with van der Waals surface area (Å²) in [5.74, 6) is 0.241. The average molecular weight is 198 g/mol. The van der Waals surface area contributed by atoms with Crippen LogP contribution in [-0.2, 0) is 4.79 Å². The SMILES string of the molecule is CCC(=O)N1CCC(N=C=S)CC1. The Bertz CT molecular complexity index is 228. The van der Waals surface area contributed by atoms with Gasteiger partial charge >= 0.3 is 0 Å². The summed E-state index contributed by atoms with van der Waals surface area (Å²) in [7, 11) is 0. The van der Waals surface area contributed by atoms with Crippen LogP contribution >= 0.6 is 12.2 Å². The number of rotatable bonds is 2. The maximum Gasteiger partial charge on any atom is 0.222 e. The number of thiocarbonyl (C=S) groups is 1. The topological polar surface area (TPSA) is 32.7 Å². The molecule has 1 aliphatic rings. The molecule has 0 spiro atoms. The number of hydrogen-bond acceptors (Lipinski definition) is 3. The van der Waals surface area contributed by atoms with Gasteiger partial charge in [-0.2, -0.15) is 0 Å². The maximum absolute atomic E-state index is 11.3. The number of piperidine rings is 1. The molecule has 0 N–H and O–H groups in total. The predicted octanol–water partition coefficient (Wildman–Crippen LogP) is 1.49. The minimum absolute atomic E-state index is 0.241. The number of isothiocyanates is 1. The molecule has 72 valence electrons. The second kappa shape index (κ2) is 5.10. The lowest BCUT2D eigenvalue weighted by atomic mass is 10.1. The molecule has 1 amide bonds. The predicted molar refractivity (Wildman–Crippen MR) is 54.9 cm³/mol. The van der Waals surface area contributed by atoms with E-state index >= 15 is 0 Å².